The zero-order valence-corrected chi connectivity index (χ0v) is 9.45. The summed E-state index contributed by atoms with van der Waals surface area (Å²) < 4.78 is 39.9. The third kappa shape index (κ3) is 2.02. The summed E-state index contributed by atoms with van der Waals surface area (Å²) in [5.41, 5.74) is -1.46. The minimum Gasteiger partial charge on any atom is -0.376 e. The maximum Gasteiger partial charge on any atom is 0.330 e. The standard InChI is InChI=1S/C11H14N2O5/c1-6-7(5-14)18-10(9(6)17-2)13-4-3-8(15)12-11(13)16/h3-7,9-10H,1-2H3,(H,12,15,16)/t6-,7-,9-,10-/m1/s1/i2D3,5D. The van der Waals surface area contributed by atoms with Crippen LogP contribution in [0, 0.1) is 5.92 Å². The van der Waals surface area contributed by atoms with E-state index in [9.17, 15) is 14.4 Å². The van der Waals surface area contributed by atoms with Crippen LogP contribution >= 0.6 is 0 Å². The third-order valence-corrected chi connectivity index (χ3v) is 2.94. The summed E-state index contributed by atoms with van der Waals surface area (Å²) in [4.78, 5) is 36.2. The van der Waals surface area contributed by atoms with Gasteiger partial charge in [0, 0.05) is 25.2 Å². The second kappa shape index (κ2) is 4.87. The molecule has 0 aromatic carbocycles. The van der Waals surface area contributed by atoms with Gasteiger partial charge in [-0.1, -0.05) is 6.92 Å². The lowest BCUT2D eigenvalue weighted by Gasteiger charge is -2.20. The second-order valence-corrected chi connectivity index (χ2v) is 4.02. The maximum atomic E-state index is 11.8. The molecule has 1 aromatic rings. The van der Waals surface area contributed by atoms with E-state index < -0.39 is 48.9 Å². The smallest absolute Gasteiger partial charge is 0.330 e. The first-order valence-corrected chi connectivity index (χ1v) is 5.25. The lowest BCUT2D eigenvalue weighted by Crippen LogP contribution is -2.36. The van der Waals surface area contributed by atoms with Crippen molar-refractivity contribution in [3.8, 4) is 0 Å². The topological polar surface area (TPSA) is 90.4 Å². The molecule has 2 heterocycles. The lowest BCUT2D eigenvalue weighted by molar-refractivity contribution is -0.121. The first-order valence-electron chi connectivity index (χ1n) is 7.25. The van der Waals surface area contributed by atoms with E-state index in [0.717, 1.165) is 16.8 Å². The second-order valence-electron chi connectivity index (χ2n) is 4.02. The summed E-state index contributed by atoms with van der Waals surface area (Å²) in [5.74, 6) is -0.755. The summed E-state index contributed by atoms with van der Waals surface area (Å²) in [5, 5.41) is 0. The Kier molecular flexibility index (Phi) is 2.27. The molecule has 0 spiro atoms. The van der Waals surface area contributed by atoms with E-state index in [1.165, 1.54) is 6.92 Å². The van der Waals surface area contributed by atoms with Crippen LogP contribution in [0.3, 0.4) is 0 Å². The Balaban J connectivity index is 2.43. The van der Waals surface area contributed by atoms with E-state index in [2.05, 4.69) is 0 Å². The van der Waals surface area contributed by atoms with Gasteiger partial charge in [-0.15, -0.1) is 0 Å². The number of aldehydes is 1. The Bertz CT molecular complexity index is 682. The largest absolute Gasteiger partial charge is 0.376 e. The molecule has 1 aliphatic rings. The van der Waals surface area contributed by atoms with E-state index in [1.807, 2.05) is 4.98 Å². The Morgan fingerprint density at radius 1 is 1.67 bits per heavy atom. The van der Waals surface area contributed by atoms with Crippen LogP contribution in [0.2, 0.25) is 0 Å². The van der Waals surface area contributed by atoms with Gasteiger partial charge in [0.1, 0.15) is 19.8 Å². The number of hydrogen-bond acceptors (Lipinski definition) is 5. The highest BCUT2D eigenvalue weighted by Gasteiger charge is 2.43. The summed E-state index contributed by atoms with van der Waals surface area (Å²) in [6, 6.07) is 1.05. The van der Waals surface area contributed by atoms with Crippen LogP contribution < -0.4 is 11.2 Å². The number of carbonyl (C=O) groups excluding carboxylic acids is 1. The van der Waals surface area contributed by atoms with Gasteiger partial charge in [0.2, 0.25) is 0 Å². The molecule has 1 fully saturated rings. The third-order valence-electron chi connectivity index (χ3n) is 2.94. The van der Waals surface area contributed by atoms with Gasteiger partial charge in [-0.25, -0.2) is 4.79 Å². The van der Waals surface area contributed by atoms with Gasteiger partial charge in [-0.3, -0.25) is 14.3 Å². The Morgan fingerprint density at radius 2 is 2.44 bits per heavy atom. The number of methoxy groups -OCH3 is 1. The highest BCUT2D eigenvalue weighted by molar-refractivity contribution is 5.57. The molecule has 0 radical (unpaired) electrons. The first kappa shape index (κ1) is 8.39. The zero-order valence-electron chi connectivity index (χ0n) is 13.5. The number of hydrogen-bond donors (Lipinski definition) is 1. The molecule has 7 heteroatoms. The van der Waals surface area contributed by atoms with Crippen LogP contribution in [0.4, 0.5) is 0 Å². The molecular weight excluding hydrogens is 240 g/mol. The van der Waals surface area contributed by atoms with Crippen LogP contribution in [-0.2, 0) is 14.3 Å². The molecule has 0 saturated carbocycles. The van der Waals surface area contributed by atoms with E-state index >= 15 is 0 Å². The van der Waals surface area contributed by atoms with Gasteiger partial charge in [0.05, 0.1) is 4.11 Å². The molecule has 0 aliphatic carbocycles. The number of rotatable bonds is 3. The molecule has 7 nitrogen and oxygen atoms in total. The SMILES string of the molecule is [2H]C(=O)[C@H]1O[C@@H](n2ccc(=O)[nH]c2=O)[C@H](OC([2H])([2H])[2H])[C@@H]1C. The molecular formula is C11H14N2O5. The minimum atomic E-state index is -2.77. The number of carbonyl (C=O) groups is 1. The summed E-state index contributed by atoms with van der Waals surface area (Å²) in [6.07, 6.45) is -3.55. The fourth-order valence-electron chi connectivity index (χ4n) is 1.94. The molecule has 1 aromatic heterocycles. The van der Waals surface area contributed by atoms with Crippen LogP contribution in [0.25, 0.3) is 0 Å². The molecule has 98 valence electrons. The van der Waals surface area contributed by atoms with Crippen molar-refractivity contribution in [1.29, 1.82) is 0 Å². The predicted octanol–water partition coefficient (Wildman–Crippen LogP) is -0.716. The minimum absolute atomic E-state index is 0.631. The summed E-state index contributed by atoms with van der Waals surface area (Å²) >= 11 is 0. The molecule has 1 saturated heterocycles. The van der Waals surface area contributed by atoms with Crippen molar-refractivity contribution in [1.82, 2.24) is 9.55 Å². The molecule has 1 aliphatic heterocycles. The number of aromatic amines is 1. The Hall–Kier alpha value is -1.73. The van der Waals surface area contributed by atoms with Crippen molar-refractivity contribution in [3.63, 3.8) is 0 Å². The van der Waals surface area contributed by atoms with Gasteiger partial charge < -0.3 is 14.3 Å². The first-order chi connectivity index (χ1) is 10.1. The quantitative estimate of drug-likeness (QED) is 0.723. The number of H-pyrrole nitrogens is 1. The highest BCUT2D eigenvalue weighted by Crippen LogP contribution is 2.33. The van der Waals surface area contributed by atoms with Gasteiger partial charge in [-0.2, -0.15) is 0 Å². The van der Waals surface area contributed by atoms with Gasteiger partial charge in [0.25, 0.3) is 5.56 Å². The number of ether oxygens (including phenoxy) is 2. The lowest BCUT2D eigenvalue weighted by atomic mass is 10.0. The molecule has 0 unspecified atom stereocenters. The monoisotopic (exact) mass is 258 g/mol. The molecule has 18 heavy (non-hydrogen) atoms. The number of nitrogens with one attached hydrogen (secondary N) is 1. The highest BCUT2D eigenvalue weighted by atomic mass is 16.6. The maximum absolute atomic E-state index is 11.8. The molecule has 0 amide bonds. The average Bonchev–Trinajstić information content (AvgIpc) is 2.66. The molecule has 0 bridgehead atoms. The van der Waals surface area contributed by atoms with Gasteiger partial charge >= 0.3 is 5.69 Å². The fourth-order valence-corrected chi connectivity index (χ4v) is 1.94. The van der Waals surface area contributed by atoms with Crippen molar-refractivity contribution < 1.29 is 19.8 Å². The van der Waals surface area contributed by atoms with Crippen LogP contribution in [-0.4, -0.2) is 35.1 Å². The molecule has 2 rings (SSSR count). The van der Waals surface area contributed by atoms with Gasteiger partial charge in [-0.05, 0) is 0 Å². The summed E-state index contributed by atoms with van der Waals surface area (Å²) in [6.45, 7) is 1.49. The number of aromatic nitrogens is 2. The van der Waals surface area contributed by atoms with Crippen molar-refractivity contribution in [3.05, 3.63) is 33.1 Å². The van der Waals surface area contributed by atoms with E-state index in [1.54, 1.807) is 0 Å². The van der Waals surface area contributed by atoms with Crippen LogP contribution in [0.1, 0.15) is 18.6 Å². The number of nitrogens with zero attached hydrogens (tertiary/aromatic N) is 1. The van der Waals surface area contributed by atoms with Crippen molar-refractivity contribution in [2.75, 3.05) is 7.04 Å². The van der Waals surface area contributed by atoms with E-state index in [-0.39, 0.29) is 0 Å². The van der Waals surface area contributed by atoms with Crippen LogP contribution in [0.5, 0.6) is 0 Å². The van der Waals surface area contributed by atoms with Gasteiger partial charge in [0.15, 0.2) is 6.23 Å². The normalized spacial score (nSPS) is 35.4. The molecule has 1 N–H and O–H groups in total. The Labute approximate surface area is 108 Å². The predicted molar refractivity (Wildman–Crippen MR) is 61.3 cm³/mol. The average molecular weight is 258 g/mol. The van der Waals surface area contributed by atoms with Crippen molar-refractivity contribution in [2.24, 2.45) is 5.92 Å². The Morgan fingerprint density at radius 3 is 3.06 bits per heavy atom. The molecule has 4 atom stereocenters. The summed E-state index contributed by atoms with van der Waals surface area (Å²) in [7, 11) is -2.77. The van der Waals surface area contributed by atoms with Crippen LogP contribution in [0.15, 0.2) is 21.9 Å². The zero-order chi connectivity index (χ0) is 16.7. The van der Waals surface area contributed by atoms with Crippen molar-refractivity contribution >= 4 is 6.26 Å². The van der Waals surface area contributed by atoms with E-state index in [0.29, 0.717) is 0 Å². The van der Waals surface area contributed by atoms with Crippen molar-refractivity contribution in [2.45, 2.75) is 25.4 Å². The van der Waals surface area contributed by atoms with E-state index in [4.69, 9.17) is 15.0 Å². The fraction of sp³-hybridized carbons (Fsp3) is 0.545.